The van der Waals surface area contributed by atoms with Gasteiger partial charge in [0.15, 0.2) is 0 Å². The first kappa shape index (κ1) is 27.7. The van der Waals surface area contributed by atoms with Crippen molar-refractivity contribution in [2.45, 2.75) is 17.8 Å². The minimum Gasteiger partial charge on any atom is -0.355 e. The molecule has 7 aromatic rings. The predicted octanol–water partition coefficient (Wildman–Crippen LogP) is 12.1. The van der Waals surface area contributed by atoms with E-state index in [0.717, 1.165) is 11.4 Å². The van der Waals surface area contributed by atoms with Crippen molar-refractivity contribution in [3.63, 3.8) is 0 Å². The summed E-state index contributed by atoms with van der Waals surface area (Å²) in [6.45, 7) is 6.64. The zero-order chi connectivity index (χ0) is 33.2. The first-order chi connectivity index (χ1) is 24.7. The molecule has 0 fully saturated rings. The van der Waals surface area contributed by atoms with Crippen molar-refractivity contribution >= 4 is 16.9 Å². The van der Waals surface area contributed by atoms with Crippen LogP contribution >= 0.6 is 0 Å². The van der Waals surface area contributed by atoms with E-state index in [1.165, 1.54) is 89.0 Å². The van der Waals surface area contributed by atoms with Crippen molar-refractivity contribution in [2.75, 3.05) is 5.32 Å². The van der Waals surface area contributed by atoms with E-state index in [9.17, 15) is 0 Å². The molecule has 0 bridgehead atoms. The Kier molecular flexibility index (Phi) is 5.39. The Balaban J connectivity index is 1.13. The Hall–Kier alpha value is -6.18. The third-order valence-electron chi connectivity index (χ3n) is 12.1. The smallest absolute Gasteiger partial charge is 0.0726 e. The number of rotatable bonds is 3. The van der Waals surface area contributed by atoms with Gasteiger partial charge in [-0.25, -0.2) is 0 Å². The molecule has 1 heteroatoms. The molecule has 1 nitrogen and oxygen atoms in total. The van der Waals surface area contributed by atoms with Gasteiger partial charge in [-0.05, 0) is 109 Å². The second-order valence-corrected chi connectivity index (χ2v) is 14.1. The van der Waals surface area contributed by atoms with E-state index in [4.69, 9.17) is 0 Å². The standard InChI is InChI=1S/C49H33N/c1-3-38-30(2)32-15-4-9-20-39(32)48(38)40-21-10-7-18-35(40)36-28-27-31(29-45(36)48)50-46-26-14-25-44-47(46)37-19-8-13-24-43(37)49(44)41-22-11-5-16-33(41)34-17-6-12-23-42(34)49/h3-29,50H,1H2,2H3. The molecule has 50 heavy (non-hydrogen) atoms. The van der Waals surface area contributed by atoms with Gasteiger partial charge in [-0.15, -0.1) is 0 Å². The lowest BCUT2D eigenvalue weighted by molar-refractivity contribution is 0.786. The van der Waals surface area contributed by atoms with E-state index in [1.807, 2.05) is 0 Å². The summed E-state index contributed by atoms with van der Waals surface area (Å²) in [5.74, 6) is 0. The lowest BCUT2D eigenvalue weighted by Crippen LogP contribution is -2.26. The Morgan fingerprint density at radius 3 is 1.50 bits per heavy atom. The third-order valence-corrected chi connectivity index (χ3v) is 12.1. The van der Waals surface area contributed by atoms with Crippen LogP contribution in [0.3, 0.4) is 0 Å². The van der Waals surface area contributed by atoms with E-state index in [-0.39, 0.29) is 5.41 Å². The maximum atomic E-state index is 4.39. The highest BCUT2D eigenvalue weighted by Gasteiger charge is 2.53. The monoisotopic (exact) mass is 635 g/mol. The van der Waals surface area contributed by atoms with Gasteiger partial charge in [0.1, 0.15) is 0 Å². The highest BCUT2D eigenvalue weighted by Crippen LogP contribution is 2.65. The average molecular weight is 636 g/mol. The lowest BCUT2D eigenvalue weighted by atomic mass is 9.69. The molecular formula is C49H33N. The fourth-order valence-electron chi connectivity index (χ4n) is 10.4. The van der Waals surface area contributed by atoms with Crippen molar-refractivity contribution in [1.82, 2.24) is 0 Å². The van der Waals surface area contributed by atoms with Crippen LogP contribution < -0.4 is 5.32 Å². The maximum absolute atomic E-state index is 4.39. The molecule has 1 atom stereocenters. The number of fused-ring (bicyclic) bond motifs is 17. The molecular weight excluding hydrogens is 603 g/mol. The Morgan fingerprint density at radius 2 is 0.900 bits per heavy atom. The second-order valence-electron chi connectivity index (χ2n) is 14.1. The maximum Gasteiger partial charge on any atom is 0.0726 e. The van der Waals surface area contributed by atoms with Gasteiger partial charge in [0, 0.05) is 16.9 Å². The van der Waals surface area contributed by atoms with Crippen molar-refractivity contribution < 1.29 is 0 Å². The van der Waals surface area contributed by atoms with Gasteiger partial charge >= 0.3 is 0 Å². The van der Waals surface area contributed by atoms with E-state index >= 15 is 0 Å². The van der Waals surface area contributed by atoms with Gasteiger partial charge in [-0.2, -0.15) is 0 Å². The van der Waals surface area contributed by atoms with Crippen LogP contribution in [0.1, 0.15) is 51.4 Å². The fourth-order valence-corrected chi connectivity index (χ4v) is 10.4. The highest BCUT2D eigenvalue weighted by atomic mass is 14.9. The molecule has 0 amide bonds. The largest absolute Gasteiger partial charge is 0.355 e. The third kappa shape index (κ3) is 3.10. The van der Waals surface area contributed by atoms with Crippen LogP contribution in [0.2, 0.25) is 0 Å². The van der Waals surface area contributed by atoms with Crippen molar-refractivity contribution in [3.05, 3.63) is 220 Å². The van der Waals surface area contributed by atoms with E-state index in [0.29, 0.717) is 0 Å². The van der Waals surface area contributed by atoms with Crippen LogP contribution in [0.4, 0.5) is 11.4 Å². The minimum absolute atomic E-state index is 0.366. The molecule has 4 aliphatic carbocycles. The number of nitrogens with one attached hydrogen (secondary N) is 1. The first-order valence-corrected chi connectivity index (χ1v) is 17.6. The second kappa shape index (κ2) is 9.71. The Labute approximate surface area is 292 Å². The summed E-state index contributed by atoms with van der Waals surface area (Å²) in [5, 5.41) is 3.99. The van der Waals surface area contributed by atoms with Crippen molar-refractivity contribution in [3.8, 4) is 33.4 Å². The molecule has 11 rings (SSSR count). The van der Waals surface area contributed by atoms with E-state index in [1.54, 1.807) is 0 Å². The molecule has 4 aliphatic rings. The van der Waals surface area contributed by atoms with Gasteiger partial charge in [-0.3, -0.25) is 0 Å². The van der Waals surface area contributed by atoms with Crippen LogP contribution in [0.25, 0.3) is 39.0 Å². The summed E-state index contributed by atoms with van der Waals surface area (Å²) in [5.41, 5.74) is 22.5. The van der Waals surface area contributed by atoms with Gasteiger partial charge in [0.2, 0.25) is 0 Å². The number of hydrogen-bond acceptors (Lipinski definition) is 1. The zero-order valence-electron chi connectivity index (χ0n) is 27.8. The van der Waals surface area contributed by atoms with E-state index in [2.05, 4.69) is 183 Å². The summed E-state index contributed by atoms with van der Waals surface area (Å²) in [6.07, 6.45) is 2.10. The molecule has 0 radical (unpaired) electrons. The summed E-state index contributed by atoms with van der Waals surface area (Å²) >= 11 is 0. The molecule has 234 valence electrons. The molecule has 0 aromatic heterocycles. The Bertz CT molecular complexity index is 2620. The molecule has 1 N–H and O–H groups in total. The van der Waals surface area contributed by atoms with Crippen molar-refractivity contribution in [2.24, 2.45) is 0 Å². The normalized spacial score (nSPS) is 17.5. The molecule has 0 saturated carbocycles. The Morgan fingerprint density at radius 1 is 0.440 bits per heavy atom. The summed E-state index contributed by atoms with van der Waals surface area (Å²) in [6, 6.07) is 58.7. The zero-order valence-corrected chi connectivity index (χ0v) is 27.8. The van der Waals surface area contributed by atoms with Crippen LogP contribution in [0.5, 0.6) is 0 Å². The van der Waals surface area contributed by atoms with Crippen LogP contribution in [0, 0.1) is 0 Å². The lowest BCUT2D eigenvalue weighted by Gasteiger charge is -2.32. The fraction of sp³-hybridized carbons (Fsp3) is 0.0612. The average Bonchev–Trinajstić information content (AvgIpc) is 3.83. The molecule has 0 saturated heterocycles. The minimum atomic E-state index is -0.404. The summed E-state index contributed by atoms with van der Waals surface area (Å²) in [7, 11) is 0. The number of hydrogen-bond donors (Lipinski definition) is 1. The molecule has 0 aliphatic heterocycles. The van der Waals surface area contributed by atoms with E-state index < -0.39 is 5.41 Å². The number of benzene rings is 7. The molecule has 2 spiro atoms. The first-order valence-electron chi connectivity index (χ1n) is 17.6. The van der Waals surface area contributed by atoms with Gasteiger partial charge < -0.3 is 5.32 Å². The van der Waals surface area contributed by atoms with Crippen molar-refractivity contribution in [1.29, 1.82) is 0 Å². The molecule has 1 unspecified atom stereocenters. The topological polar surface area (TPSA) is 12.0 Å². The van der Waals surface area contributed by atoms with Crippen LogP contribution in [-0.4, -0.2) is 0 Å². The molecule has 0 heterocycles. The van der Waals surface area contributed by atoms with Gasteiger partial charge in [0.25, 0.3) is 0 Å². The quantitative estimate of drug-likeness (QED) is 0.204. The molecule has 7 aromatic carbocycles. The van der Waals surface area contributed by atoms with Gasteiger partial charge in [-0.1, -0.05) is 152 Å². The summed E-state index contributed by atoms with van der Waals surface area (Å²) in [4.78, 5) is 0. The van der Waals surface area contributed by atoms with Gasteiger partial charge in [0.05, 0.1) is 10.8 Å². The summed E-state index contributed by atoms with van der Waals surface area (Å²) < 4.78 is 0. The van der Waals surface area contributed by atoms with Crippen LogP contribution in [-0.2, 0) is 10.8 Å². The number of allylic oxidation sites excluding steroid dienone is 3. The SMILES string of the molecule is C=CC1=C(C)c2ccccc2C12c1ccccc1-c1ccc(Nc3cccc4c3-c3ccccc3C43c4ccccc4-c4ccccc43)cc12. The predicted molar refractivity (Wildman–Crippen MR) is 207 cm³/mol. The highest BCUT2D eigenvalue weighted by molar-refractivity contribution is 6.00. The number of anilines is 2. The van der Waals surface area contributed by atoms with Crippen LogP contribution in [0.15, 0.2) is 176 Å².